The van der Waals surface area contributed by atoms with Crippen molar-refractivity contribution in [1.82, 2.24) is 14.8 Å². The van der Waals surface area contributed by atoms with Crippen LogP contribution in [0.2, 0.25) is 0 Å². The molecule has 15 heteroatoms. The number of alkyl halides is 6. The van der Waals surface area contributed by atoms with Crippen LogP contribution in [0.4, 0.5) is 26.3 Å². The van der Waals surface area contributed by atoms with Crippen LogP contribution in [0.25, 0.3) is 0 Å². The summed E-state index contributed by atoms with van der Waals surface area (Å²) in [6.45, 7) is 5.55. The Morgan fingerprint density at radius 1 is 0.982 bits per heavy atom. The summed E-state index contributed by atoms with van der Waals surface area (Å²) < 4.78 is 89.8. The maximum atomic E-state index is 15.0. The zero-order valence-electron chi connectivity index (χ0n) is 31.2. The van der Waals surface area contributed by atoms with E-state index in [1.54, 1.807) is 6.92 Å². The van der Waals surface area contributed by atoms with Crippen molar-refractivity contribution in [2.45, 2.75) is 107 Å². The highest BCUT2D eigenvalue weighted by Crippen LogP contribution is 2.44. The molecule has 2 N–H and O–H groups in total. The van der Waals surface area contributed by atoms with Gasteiger partial charge in [-0.25, -0.2) is 0 Å². The molecule has 56 heavy (non-hydrogen) atoms. The Hall–Kier alpha value is -4.11. The summed E-state index contributed by atoms with van der Waals surface area (Å²) in [5, 5.41) is 23.2. The van der Waals surface area contributed by atoms with Crippen LogP contribution >= 0.6 is 11.3 Å². The van der Waals surface area contributed by atoms with Gasteiger partial charge in [0, 0.05) is 49.6 Å². The molecule has 2 saturated heterocycles. The van der Waals surface area contributed by atoms with Crippen LogP contribution in [0.3, 0.4) is 0 Å². The van der Waals surface area contributed by atoms with Crippen LogP contribution < -0.4 is 4.74 Å². The third kappa shape index (κ3) is 8.58. The standard InChI is InChI=1S/C41H47F6N3O5S/c1-3-8-33-39(55-30-24-34(56-25-30)41(45,46)47,16-7-20-50(33)36(52)35-32(40(42,43)44)11-6-19-48-35)37(53)49-21-17-38(54,18-22-49)31-10-5-4-9-29(31)23-27-12-14-28(15-13-27)26(2)51/h4-6,9-11,19,24-25,27-28,33,51,54H,2-3,7-8,12-18,20-23H2,1H3/t27-,28-,33-,39+/m1/s1. The van der Waals surface area contributed by atoms with Gasteiger partial charge in [0.1, 0.15) is 16.3 Å². The summed E-state index contributed by atoms with van der Waals surface area (Å²) in [4.78, 5) is 34.6. The number of allylic oxidation sites excluding steroid dienone is 1. The van der Waals surface area contributed by atoms with Crippen LogP contribution in [0, 0.1) is 11.8 Å². The SMILES string of the molecule is C=C(O)[C@H]1CC[C@H](Cc2ccccc2C2(O)CCN(C(=O)[C@]3(Oc4csc(C(F)(F)F)c4)CCCN(C(=O)c4ncccc4C(F)(F)F)[C@@H]3CCC)CC2)CC1. The van der Waals surface area contributed by atoms with E-state index in [1.807, 2.05) is 24.3 Å². The van der Waals surface area contributed by atoms with Crippen LogP contribution in [-0.4, -0.2) is 68.1 Å². The number of ether oxygens (including phenoxy) is 1. The van der Waals surface area contributed by atoms with Crippen molar-refractivity contribution in [3.8, 4) is 5.75 Å². The van der Waals surface area contributed by atoms with Gasteiger partial charge in [-0.15, -0.1) is 11.3 Å². The first kappa shape index (κ1) is 41.5. The lowest BCUT2D eigenvalue weighted by Gasteiger charge is -2.51. The molecular weight excluding hydrogens is 761 g/mol. The van der Waals surface area contributed by atoms with Crippen LogP contribution in [0.15, 0.2) is 66.4 Å². The number of likely N-dealkylation sites (tertiary alicyclic amines) is 2. The minimum Gasteiger partial charge on any atom is -0.513 e. The van der Waals surface area contributed by atoms with Crippen molar-refractivity contribution in [3.63, 3.8) is 0 Å². The smallest absolute Gasteiger partial charge is 0.425 e. The average molecular weight is 808 g/mol. The van der Waals surface area contributed by atoms with Gasteiger partial charge in [0.05, 0.1) is 23.0 Å². The summed E-state index contributed by atoms with van der Waals surface area (Å²) >= 11 is 0.388. The van der Waals surface area contributed by atoms with E-state index in [-0.39, 0.29) is 69.2 Å². The molecule has 6 rings (SSSR count). The van der Waals surface area contributed by atoms with Crippen molar-refractivity contribution in [3.05, 3.63) is 93.6 Å². The van der Waals surface area contributed by atoms with Gasteiger partial charge in [-0.05, 0) is 87.0 Å². The number of rotatable bonds is 10. The van der Waals surface area contributed by atoms with Crippen LogP contribution in [0.5, 0.6) is 5.75 Å². The van der Waals surface area contributed by atoms with Crippen molar-refractivity contribution >= 4 is 23.2 Å². The van der Waals surface area contributed by atoms with Crippen LogP contribution in [0.1, 0.15) is 103 Å². The molecule has 2 aromatic heterocycles. The molecule has 0 unspecified atom stereocenters. The molecule has 3 aliphatic rings. The molecule has 1 saturated carbocycles. The first-order valence-corrected chi connectivity index (χ1v) is 20.0. The number of amides is 2. The van der Waals surface area contributed by atoms with E-state index in [0.717, 1.165) is 73.0 Å². The highest BCUT2D eigenvalue weighted by atomic mass is 32.1. The first-order valence-electron chi connectivity index (χ1n) is 19.1. The van der Waals surface area contributed by atoms with Gasteiger partial charge in [0.25, 0.3) is 11.8 Å². The second kappa shape index (κ2) is 16.4. The normalized spacial score (nSPS) is 24.5. The molecule has 2 amide bonds. The molecule has 1 aliphatic carbocycles. The lowest BCUT2D eigenvalue weighted by molar-refractivity contribution is -0.163. The fourth-order valence-corrected chi connectivity index (χ4v) is 9.53. The molecule has 304 valence electrons. The number of piperidine rings is 2. The first-order chi connectivity index (χ1) is 26.5. The van der Waals surface area contributed by atoms with Gasteiger partial charge in [-0.2, -0.15) is 26.3 Å². The maximum absolute atomic E-state index is 15.0. The molecule has 0 spiro atoms. The second-order valence-electron chi connectivity index (χ2n) is 15.3. The number of carbonyl (C=O) groups excluding carboxylic acids is 2. The van der Waals surface area contributed by atoms with Crippen molar-refractivity contribution < 1.29 is 50.9 Å². The lowest BCUT2D eigenvalue weighted by Crippen LogP contribution is -2.68. The topological polar surface area (TPSA) is 103 Å². The van der Waals surface area contributed by atoms with Gasteiger partial charge in [0.15, 0.2) is 0 Å². The Bertz CT molecular complexity index is 1880. The minimum absolute atomic E-state index is 0.0126. The summed E-state index contributed by atoms with van der Waals surface area (Å²) in [6.07, 6.45) is -3.43. The minimum atomic E-state index is -4.90. The zero-order chi connectivity index (χ0) is 40.5. The number of halogens is 6. The Morgan fingerprint density at radius 2 is 1.68 bits per heavy atom. The third-order valence-electron chi connectivity index (χ3n) is 11.7. The van der Waals surface area contributed by atoms with E-state index >= 15 is 0 Å². The zero-order valence-corrected chi connectivity index (χ0v) is 32.0. The molecule has 4 heterocycles. The molecule has 2 atom stereocenters. The maximum Gasteiger partial charge on any atom is 0.425 e. The molecule has 3 fully saturated rings. The quantitative estimate of drug-likeness (QED) is 0.156. The summed E-state index contributed by atoms with van der Waals surface area (Å²) in [6, 6.07) is 9.13. The number of aromatic nitrogens is 1. The predicted octanol–water partition coefficient (Wildman–Crippen LogP) is 9.33. The second-order valence-corrected chi connectivity index (χ2v) is 16.2. The third-order valence-corrected chi connectivity index (χ3v) is 12.7. The molecule has 8 nitrogen and oxygen atoms in total. The van der Waals surface area contributed by atoms with E-state index in [0.29, 0.717) is 23.7 Å². The average Bonchev–Trinajstić information content (AvgIpc) is 3.65. The number of hydrogen-bond acceptors (Lipinski definition) is 7. The molecule has 0 bridgehead atoms. The summed E-state index contributed by atoms with van der Waals surface area (Å²) in [7, 11) is 0. The highest BCUT2D eigenvalue weighted by molar-refractivity contribution is 7.10. The fraction of sp³-hybridized carbons (Fsp3) is 0.537. The van der Waals surface area contributed by atoms with E-state index in [1.165, 1.54) is 9.80 Å². The van der Waals surface area contributed by atoms with Gasteiger partial charge in [0.2, 0.25) is 5.60 Å². The van der Waals surface area contributed by atoms with E-state index in [2.05, 4.69) is 11.6 Å². The highest BCUT2D eigenvalue weighted by Gasteiger charge is 2.57. The van der Waals surface area contributed by atoms with Gasteiger partial charge in [-0.3, -0.25) is 14.6 Å². The number of thiophene rings is 1. The number of pyridine rings is 1. The molecule has 1 aromatic carbocycles. The number of aliphatic hydroxyl groups excluding tert-OH is 1. The fourth-order valence-electron chi connectivity index (χ4n) is 8.86. The summed E-state index contributed by atoms with van der Waals surface area (Å²) in [5.41, 5.74) is -3.57. The van der Waals surface area contributed by atoms with E-state index < -0.39 is 57.5 Å². The predicted molar refractivity (Wildman–Crippen MR) is 198 cm³/mol. The number of benzene rings is 1. The molecule has 2 aliphatic heterocycles. The molecular formula is C41H47F6N3O5S. The Kier molecular flexibility index (Phi) is 12.2. The monoisotopic (exact) mass is 807 g/mol. The van der Waals surface area contributed by atoms with Crippen molar-refractivity contribution in [1.29, 1.82) is 0 Å². The molecule has 0 radical (unpaired) electrons. The lowest BCUT2D eigenvalue weighted by atomic mass is 9.75. The number of carbonyl (C=O) groups is 2. The number of hydrogen-bond donors (Lipinski definition) is 2. The Balaban J connectivity index is 1.29. The van der Waals surface area contributed by atoms with Gasteiger partial charge >= 0.3 is 12.4 Å². The van der Waals surface area contributed by atoms with Crippen molar-refractivity contribution in [2.24, 2.45) is 11.8 Å². The van der Waals surface area contributed by atoms with Crippen molar-refractivity contribution in [2.75, 3.05) is 19.6 Å². The molecule has 3 aromatic rings. The number of nitrogens with zero attached hydrogens (tertiary/aromatic N) is 3. The number of aliphatic hydroxyl groups is 2. The Labute approximate surface area is 326 Å². The largest absolute Gasteiger partial charge is 0.513 e. The van der Waals surface area contributed by atoms with Crippen LogP contribution in [-0.2, 0) is 29.2 Å². The van der Waals surface area contributed by atoms with Gasteiger partial charge in [-0.1, -0.05) is 44.2 Å². The van der Waals surface area contributed by atoms with Gasteiger partial charge < -0.3 is 24.7 Å². The Morgan fingerprint density at radius 3 is 2.30 bits per heavy atom. The van der Waals surface area contributed by atoms with E-state index in [4.69, 9.17) is 4.74 Å². The van der Waals surface area contributed by atoms with E-state index in [9.17, 15) is 46.1 Å². The summed E-state index contributed by atoms with van der Waals surface area (Å²) in [5.74, 6) is -1.25.